The van der Waals surface area contributed by atoms with Gasteiger partial charge in [0.15, 0.2) is 0 Å². The van der Waals surface area contributed by atoms with Crippen molar-refractivity contribution in [2.45, 2.75) is 0 Å². The van der Waals surface area contributed by atoms with Gasteiger partial charge in [0.1, 0.15) is 6.54 Å². The van der Waals surface area contributed by atoms with E-state index in [2.05, 4.69) is 0 Å². The number of rotatable bonds is 3. The van der Waals surface area contributed by atoms with Crippen molar-refractivity contribution in [3.05, 3.63) is 0 Å². The van der Waals surface area contributed by atoms with Crippen molar-refractivity contribution < 1.29 is 18.3 Å². The van der Waals surface area contributed by atoms with E-state index in [4.69, 9.17) is 5.11 Å². The van der Waals surface area contributed by atoms with Gasteiger partial charge in [-0.1, -0.05) is 0 Å². The highest BCUT2D eigenvalue weighted by atomic mass is 35.5. The zero-order chi connectivity index (χ0) is 7.49. The molecule has 0 aliphatic carbocycles. The number of nitrogens with one attached hydrogen (secondary N) is 1. The summed E-state index contributed by atoms with van der Waals surface area (Å²) in [7, 11) is -3.35. The van der Waals surface area contributed by atoms with Gasteiger partial charge in [-0.3, -0.25) is 4.79 Å². The van der Waals surface area contributed by atoms with Crippen LogP contribution in [0.15, 0.2) is 0 Å². The van der Waals surface area contributed by atoms with Gasteiger partial charge in [-0.2, -0.15) is 0 Å². The Morgan fingerprint density at radius 3 is 2.10 bits per heavy atom. The van der Waals surface area contributed by atoms with Crippen LogP contribution in [0.4, 0.5) is 0 Å². The monoisotopic (exact) mass is 189 g/mol. The summed E-state index contributed by atoms with van der Waals surface area (Å²) in [6.07, 6.45) is 0.899. The normalized spacial score (nSPS) is 10.1. The zero-order valence-electron chi connectivity index (χ0n) is 5.20. The highest BCUT2D eigenvalue weighted by Crippen LogP contribution is 1.70. The van der Waals surface area contributed by atoms with Gasteiger partial charge in [0, 0.05) is 0 Å². The number of carboxylic acids is 1. The summed E-state index contributed by atoms with van der Waals surface area (Å²) in [5.74, 6) is -1.19. The first-order chi connectivity index (χ1) is 3.92. The maximum absolute atomic E-state index is 10.2. The van der Waals surface area contributed by atoms with Gasteiger partial charge < -0.3 is 5.11 Å². The van der Waals surface area contributed by atoms with Crippen LogP contribution in [0.2, 0.25) is 0 Å². The van der Waals surface area contributed by atoms with Crippen molar-refractivity contribution in [1.82, 2.24) is 4.72 Å². The topological polar surface area (TPSA) is 83.5 Å². The van der Waals surface area contributed by atoms with E-state index in [1.165, 1.54) is 0 Å². The summed E-state index contributed by atoms with van der Waals surface area (Å²) in [5, 5.41) is 7.95. The molecule has 0 radical (unpaired) electrons. The van der Waals surface area contributed by atoms with E-state index in [9.17, 15) is 13.2 Å². The Morgan fingerprint density at radius 2 is 2.00 bits per heavy atom. The average Bonchev–Trinajstić information content (AvgIpc) is 1.59. The van der Waals surface area contributed by atoms with Gasteiger partial charge >= 0.3 is 5.97 Å². The number of sulfonamides is 1. The van der Waals surface area contributed by atoms with E-state index >= 15 is 0 Å². The number of hydrogen-bond donors (Lipinski definition) is 2. The van der Waals surface area contributed by atoms with Crippen molar-refractivity contribution in [1.29, 1.82) is 0 Å². The molecule has 0 saturated carbocycles. The molecule has 0 aromatic heterocycles. The minimum Gasteiger partial charge on any atom is -0.480 e. The molecule has 0 atom stereocenters. The molecule has 0 rings (SSSR count). The third-order valence-corrected chi connectivity index (χ3v) is 1.15. The van der Waals surface area contributed by atoms with E-state index < -0.39 is 22.5 Å². The molecular weight excluding hydrogens is 182 g/mol. The quantitative estimate of drug-likeness (QED) is 0.599. The fourth-order valence-electron chi connectivity index (χ4n) is 0.193. The minimum absolute atomic E-state index is 0. The molecule has 0 unspecified atom stereocenters. The molecule has 5 nitrogen and oxygen atoms in total. The summed E-state index contributed by atoms with van der Waals surface area (Å²) in [4.78, 5) is 9.72. The van der Waals surface area contributed by atoms with Crippen LogP contribution in [0.1, 0.15) is 0 Å². The summed E-state index contributed by atoms with van der Waals surface area (Å²) >= 11 is 0. The molecule has 2 N–H and O–H groups in total. The first-order valence-electron chi connectivity index (χ1n) is 2.08. The molecule has 0 fully saturated rings. The summed E-state index contributed by atoms with van der Waals surface area (Å²) < 4.78 is 22.1. The molecular formula is C3H8ClNO4S. The molecule has 0 amide bonds. The van der Waals surface area contributed by atoms with Gasteiger partial charge in [0.05, 0.1) is 6.26 Å². The second kappa shape index (κ2) is 4.48. The van der Waals surface area contributed by atoms with Gasteiger partial charge in [0.25, 0.3) is 0 Å². The Labute approximate surface area is 64.9 Å². The molecule has 0 aromatic carbocycles. The Kier molecular flexibility index (Phi) is 5.54. The van der Waals surface area contributed by atoms with Crippen LogP contribution in [0.5, 0.6) is 0 Å². The predicted octanol–water partition coefficient (Wildman–Crippen LogP) is -0.958. The smallest absolute Gasteiger partial charge is 0.318 e. The molecule has 0 bridgehead atoms. The molecule has 0 aromatic rings. The first-order valence-corrected chi connectivity index (χ1v) is 3.97. The van der Waals surface area contributed by atoms with Crippen LogP contribution in [0.25, 0.3) is 0 Å². The molecule has 0 aliphatic heterocycles. The molecule has 62 valence electrons. The third-order valence-electron chi connectivity index (χ3n) is 0.486. The van der Waals surface area contributed by atoms with E-state index in [0.29, 0.717) is 0 Å². The number of carbonyl (C=O) groups is 1. The van der Waals surface area contributed by atoms with Crippen LogP contribution >= 0.6 is 12.4 Å². The van der Waals surface area contributed by atoms with Crippen molar-refractivity contribution in [2.24, 2.45) is 0 Å². The zero-order valence-corrected chi connectivity index (χ0v) is 6.83. The van der Waals surface area contributed by atoms with Gasteiger partial charge in [-0.15, -0.1) is 12.4 Å². The van der Waals surface area contributed by atoms with Crippen LogP contribution in [-0.2, 0) is 14.8 Å². The van der Waals surface area contributed by atoms with Crippen molar-refractivity contribution in [3.8, 4) is 0 Å². The SMILES string of the molecule is CS(=O)(=O)NCC(=O)O.Cl. The summed E-state index contributed by atoms with van der Waals surface area (Å²) in [6, 6.07) is 0. The van der Waals surface area contributed by atoms with Crippen molar-refractivity contribution in [2.75, 3.05) is 12.8 Å². The molecule has 10 heavy (non-hydrogen) atoms. The van der Waals surface area contributed by atoms with E-state index in [1.807, 2.05) is 0 Å². The molecule has 0 aliphatic rings. The van der Waals surface area contributed by atoms with Crippen molar-refractivity contribution >= 4 is 28.4 Å². The van der Waals surface area contributed by atoms with E-state index in [0.717, 1.165) is 6.26 Å². The lowest BCUT2D eigenvalue weighted by Gasteiger charge is -1.94. The Bertz CT molecular complexity index is 199. The van der Waals surface area contributed by atoms with E-state index in [1.54, 1.807) is 4.72 Å². The fraction of sp³-hybridized carbons (Fsp3) is 0.667. The molecule has 0 heterocycles. The van der Waals surface area contributed by atoms with Crippen molar-refractivity contribution in [3.63, 3.8) is 0 Å². The predicted molar refractivity (Wildman–Crippen MR) is 37.7 cm³/mol. The fourth-order valence-corrected chi connectivity index (χ4v) is 0.578. The lowest BCUT2D eigenvalue weighted by atomic mass is 10.7. The highest BCUT2D eigenvalue weighted by molar-refractivity contribution is 7.88. The van der Waals surface area contributed by atoms with Crippen LogP contribution < -0.4 is 4.72 Å². The highest BCUT2D eigenvalue weighted by Gasteiger charge is 2.02. The van der Waals surface area contributed by atoms with Crippen LogP contribution in [-0.4, -0.2) is 32.3 Å². The largest absolute Gasteiger partial charge is 0.480 e. The molecule has 7 heteroatoms. The number of aliphatic carboxylic acids is 1. The summed E-state index contributed by atoms with van der Waals surface area (Å²) in [6.45, 7) is -0.557. The second-order valence-electron chi connectivity index (χ2n) is 1.49. The standard InChI is InChI=1S/C3H7NO4S.ClH/c1-9(7,8)4-2-3(5)6;/h4H,2H2,1H3,(H,5,6);1H. The second-order valence-corrected chi connectivity index (χ2v) is 3.32. The lowest BCUT2D eigenvalue weighted by Crippen LogP contribution is -2.27. The Hall–Kier alpha value is -0.330. The number of halogens is 1. The van der Waals surface area contributed by atoms with Crippen LogP contribution in [0.3, 0.4) is 0 Å². The molecule has 0 saturated heterocycles. The Morgan fingerprint density at radius 1 is 1.60 bits per heavy atom. The third kappa shape index (κ3) is 10.6. The first kappa shape index (κ1) is 12.4. The van der Waals surface area contributed by atoms with E-state index in [-0.39, 0.29) is 12.4 Å². The summed E-state index contributed by atoms with van der Waals surface area (Å²) in [5.41, 5.74) is 0. The van der Waals surface area contributed by atoms with Gasteiger partial charge in [0.2, 0.25) is 10.0 Å². The van der Waals surface area contributed by atoms with Gasteiger partial charge in [-0.05, 0) is 0 Å². The number of carboxylic acid groups (broad SMARTS) is 1. The maximum atomic E-state index is 10.2. The Balaban J connectivity index is 0. The van der Waals surface area contributed by atoms with Crippen LogP contribution in [0, 0.1) is 0 Å². The maximum Gasteiger partial charge on any atom is 0.318 e. The lowest BCUT2D eigenvalue weighted by molar-refractivity contribution is -0.135. The van der Waals surface area contributed by atoms with Gasteiger partial charge in [-0.25, -0.2) is 13.1 Å². The number of hydrogen-bond acceptors (Lipinski definition) is 3. The molecule has 0 spiro atoms. The minimum atomic E-state index is -3.35. The average molecular weight is 190 g/mol.